The molecule has 1 aromatic rings. The number of anilines is 1. The molecule has 1 aromatic heterocycles. The minimum absolute atomic E-state index is 0.0801. The highest BCUT2D eigenvalue weighted by Gasteiger charge is 2.33. The van der Waals surface area contributed by atoms with Gasteiger partial charge in [0.05, 0.1) is 5.60 Å². The van der Waals surface area contributed by atoms with Crippen molar-refractivity contribution in [2.45, 2.75) is 63.5 Å². The summed E-state index contributed by atoms with van der Waals surface area (Å²) in [4.78, 5) is 2.34. The fourth-order valence-electron chi connectivity index (χ4n) is 3.73. The zero-order valence-electron chi connectivity index (χ0n) is 13.1. The average Bonchev–Trinajstić information content (AvgIpc) is 2.90. The summed E-state index contributed by atoms with van der Waals surface area (Å²) in [5.74, 6) is 1.01. The van der Waals surface area contributed by atoms with Crippen molar-refractivity contribution in [2.75, 3.05) is 25.1 Å². The van der Waals surface area contributed by atoms with Gasteiger partial charge in [-0.15, -0.1) is 5.10 Å². The zero-order chi connectivity index (χ0) is 14.9. The van der Waals surface area contributed by atoms with Crippen LogP contribution < -0.4 is 4.90 Å². The molecular formula is C15H26N4OS. The van der Waals surface area contributed by atoms with Crippen molar-refractivity contribution in [1.29, 1.82) is 0 Å². The Balaban J connectivity index is 1.87. The number of ether oxygens (including phenoxy) is 1. The molecule has 6 heteroatoms. The molecule has 2 heterocycles. The Morgan fingerprint density at radius 1 is 1.29 bits per heavy atom. The van der Waals surface area contributed by atoms with Gasteiger partial charge in [0.15, 0.2) is 4.77 Å². The fourth-order valence-corrected chi connectivity index (χ4v) is 4.01. The van der Waals surface area contributed by atoms with Crippen LogP contribution in [-0.2, 0) is 4.74 Å². The second kappa shape index (κ2) is 6.08. The zero-order valence-corrected chi connectivity index (χ0v) is 13.9. The summed E-state index contributed by atoms with van der Waals surface area (Å²) in [6, 6.07) is 0.510. The summed E-state index contributed by atoms with van der Waals surface area (Å²) < 4.78 is 8.73. The first-order valence-corrected chi connectivity index (χ1v) is 8.51. The van der Waals surface area contributed by atoms with Gasteiger partial charge in [-0.3, -0.25) is 4.57 Å². The lowest BCUT2D eigenvalue weighted by atomic mass is 9.94. The van der Waals surface area contributed by atoms with E-state index in [1.165, 1.54) is 32.1 Å². The van der Waals surface area contributed by atoms with Crippen molar-refractivity contribution in [1.82, 2.24) is 14.8 Å². The van der Waals surface area contributed by atoms with Gasteiger partial charge in [0, 0.05) is 26.2 Å². The van der Waals surface area contributed by atoms with E-state index in [1.54, 1.807) is 0 Å². The van der Waals surface area contributed by atoms with E-state index in [-0.39, 0.29) is 5.60 Å². The van der Waals surface area contributed by atoms with Crippen LogP contribution in [0.5, 0.6) is 0 Å². The first-order chi connectivity index (χ1) is 10.1. The van der Waals surface area contributed by atoms with E-state index in [0.29, 0.717) is 6.04 Å². The Bertz CT molecular complexity index is 534. The number of aromatic nitrogens is 3. The molecule has 5 nitrogen and oxygen atoms in total. The molecule has 1 saturated carbocycles. The maximum atomic E-state index is 5.71. The van der Waals surface area contributed by atoms with Crippen LogP contribution in [0, 0.1) is 4.77 Å². The summed E-state index contributed by atoms with van der Waals surface area (Å²) in [5.41, 5.74) is -0.0801. The number of hydrogen-bond acceptors (Lipinski definition) is 4. The predicted molar refractivity (Wildman–Crippen MR) is 86.4 cm³/mol. The molecule has 3 rings (SSSR count). The number of rotatable bonds is 3. The Kier molecular flexibility index (Phi) is 4.36. The highest BCUT2D eigenvalue weighted by molar-refractivity contribution is 7.71. The normalized spacial score (nSPS) is 28.0. The SMILES string of the molecule is COC1(C)CCCN(c2n[nH]c(=S)n2C2CCCCC2)C1. The standard InChI is InChI=1S/C15H26N4OS/c1-15(20-2)9-6-10-18(11-15)13-16-17-14(21)19(13)12-7-4-3-5-8-12/h12H,3-11H2,1-2H3,(H,17,21). The summed E-state index contributed by atoms with van der Waals surface area (Å²) in [6.45, 7) is 4.10. The van der Waals surface area contributed by atoms with E-state index in [0.717, 1.165) is 36.7 Å². The summed E-state index contributed by atoms with van der Waals surface area (Å²) in [6.07, 6.45) is 8.62. The van der Waals surface area contributed by atoms with Crippen molar-refractivity contribution in [3.8, 4) is 0 Å². The van der Waals surface area contributed by atoms with Gasteiger partial charge in [-0.05, 0) is 44.8 Å². The smallest absolute Gasteiger partial charge is 0.226 e. The van der Waals surface area contributed by atoms with E-state index in [2.05, 4.69) is 26.6 Å². The number of methoxy groups -OCH3 is 1. The molecule has 0 radical (unpaired) electrons. The first kappa shape index (κ1) is 15.0. The molecule has 0 spiro atoms. The molecule has 118 valence electrons. The average molecular weight is 310 g/mol. The van der Waals surface area contributed by atoms with Gasteiger partial charge >= 0.3 is 0 Å². The predicted octanol–water partition coefficient (Wildman–Crippen LogP) is 3.45. The molecule has 0 aromatic carbocycles. The van der Waals surface area contributed by atoms with Crippen LogP contribution in [0.25, 0.3) is 0 Å². The fraction of sp³-hybridized carbons (Fsp3) is 0.867. The van der Waals surface area contributed by atoms with Crippen LogP contribution in [0.1, 0.15) is 57.9 Å². The van der Waals surface area contributed by atoms with Crippen LogP contribution in [0.4, 0.5) is 5.95 Å². The van der Waals surface area contributed by atoms with Gasteiger partial charge in [-0.2, -0.15) is 0 Å². The van der Waals surface area contributed by atoms with E-state index in [1.807, 2.05) is 7.11 Å². The van der Waals surface area contributed by atoms with Gasteiger partial charge < -0.3 is 9.64 Å². The number of nitrogens with one attached hydrogen (secondary N) is 1. The Morgan fingerprint density at radius 3 is 2.76 bits per heavy atom. The van der Waals surface area contributed by atoms with Crippen molar-refractivity contribution in [2.24, 2.45) is 0 Å². The maximum Gasteiger partial charge on any atom is 0.226 e. The van der Waals surface area contributed by atoms with E-state index >= 15 is 0 Å². The van der Waals surface area contributed by atoms with Crippen LogP contribution >= 0.6 is 12.2 Å². The minimum Gasteiger partial charge on any atom is -0.377 e. The van der Waals surface area contributed by atoms with Crippen molar-refractivity contribution in [3.63, 3.8) is 0 Å². The second-order valence-electron chi connectivity index (χ2n) is 6.67. The molecule has 1 aliphatic heterocycles. The molecule has 1 aliphatic carbocycles. The molecular weight excluding hydrogens is 284 g/mol. The summed E-state index contributed by atoms with van der Waals surface area (Å²) in [7, 11) is 1.81. The van der Waals surface area contributed by atoms with Crippen LogP contribution in [-0.4, -0.2) is 40.6 Å². The monoisotopic (exact) mass is 310 g/mol. The molecule has 0 amide bonds. The van der Waals surface area contributed by atoms with Crippen LogP contribution in [0.15, 0.2) is 0 Å². The maximum absolute atomic E-state index is 5.71. The van der Waals surface area contributed by atoms with Gasteiger partial charge in [-0.1, -0.05) is 19.3 Å². The van der Waals surface area contributed by atoms with E-state index < -0.39 is 0 Å². The summed E-state index contributed by atoms with van der Waals surface area (Å²) in [5, 5.41) is 7.54. The third-order valence-electron chi connectivity index (χ3n) is 5.06. The number of hydrogen-bond donors (Lipinski definition) is 1. The molecule has 2 aliphatic rings. The van der Waals surface area contributed by atoms with Crippen LogP contribution in [0.2, 0.25) is 0 Å². The first-order valence-electron chi connectivity index (χ1n) is 8.10. The van der Waals surface area contributed by atoms with Crippen LogP contribution in [0.3, 0.4) is 0 Å². The molecule has 1 saturated heterocycles. The quantitative estimate of drug-likeness (QED) is 0.869. The Labute approximate surface area is 131 Å². The number of H-pyrrole nitrogens is 1. The lowest BCUT2D eigenvalue weighted by Gasteiger charge is -2.40. The number of piperidine rings is 1. The second-order valence-corrected chi connectivity index (χ2v) is 7.06. The third kappa shape index (κ3) is 3.01. The Morgan fingerprint density at radius 2 is 2.05 bits per heavy atom. The van der Waals surface area contributed by atoms with Gasteiger partial charge in [0.25, 0.3) is 0 Å². The third-order valence-corrected chi connectivity index (χ3v) is 5.35. The van der Waals surface area contributed by atoms with Gasteiger partial charge in [0.1, 0.15) is 0 Å². The highest BCUT2D eigenvalue weighted by atomic mass is 32.1. The molecule has 1 N–H and O–H groups in total. The van der Waals surface area contributed by atoms with Crippen molar-refractivity contribution < 1.29 is 4.74 Å². The lowest BCUT2D eigenvalue weighted by Crippen LogP contribution is -2.48. The molecule has 1 unspecified atom stereocenters. The Hall–Kier alpha value is -0.880. The molecule has 2 fully saturated rings. The van der Waals surface area contributed by atoms with Gasteiger partial charge in [-0.25, -0.2) is 5.10 Å². The lowest BCUT2D eigenvalue weighted by molar-refractivity contribution is -0.00520. The minimum atomic E-state index is -0.0801. The number of aromatic amines is 1. The molecule has 21 heavy (non-hydrogen) atoms. The number of nitrogens with zero attached hydrogens (tertiary/aromatic N) is 3. The van der Waals surface area contributed by atoms with Gasteiger partial charge in [0.2, 0.25) is 5.95 Å². The van der Waals surface area contributed by atoms with E-state index in [4.69, 9.17) is 17.0 Å². The van der Waals surface area contributed by atoms with Crippen molar-refractivity contribution in [3.05, 3.63) is 4.77 Å². The highest BCUT2D eigenvalue weighted by Crippen LogP contribution is 2.33. The topological polar surface area (TPSA) is 46.1 Å². The summed E-state index contributed by atoms with van der Waals surface area (Å²) >= 11 is 5.50. The van der Waals surface area contributed by atoms with Crippen molar-refractivity contribution >= 4 is 18.2 Å². The van der Waals surface area contributed by atoms with E-state index in [9.17, 15) is 0 Å². The molecule has 1 atom stereocenters. The molecule has 0 bridgehead atoms. The largest absolute Gasteiger partial charge is 0.377 e.